The molecule has 0 atom stereocenters. The van der Waals surface area contributed by atoms with Crippen molar-refractivity contribution in [3.63, 3.8) is 0 Å². The zero-order valence-corrected chi connectivity index (χ0v) is 15.1. The third-order valence-electron chi connectivity index (χ3n) is 3.62. The highest BCUT2D eigenvalue weighted by atomic mass is 32.1. The van der Waals surface area contributed by atoms with E-state index in [1.165, 1.54) is 11.3 Å². The molecule has 5 nitrogen and oxygen atoms in total. The topological polar surface area (TPSA) is 67.4 Å². The number of anilines is 2. The van der Waals surface area contributed by atoms with E-state index >= 15 is 0 Å². The summed E-state index contributed by atoms with van der Waals surface area (Å²) >= 11 is 1.43. The lowest BCUT2D eigenvalue weighted by Gasteiger charge is -2.14. The minimum atomic E-state index is -0.510. The molecule has 0 aliphatic carbocycles. The van der Waals surface area contributed by atoms with Gasteiger partial charge in [-0.25, -0.2) is 4.79 Å². The Bertz CT molecular complexity index is 738. The molecule has 0 saturated carbocycles. The van der Waals surface area contributed by atoms with Crippen molar-refractivity contribution in [3.05, 3.63) is 45.6 Å². The first-order valence-electron chi connectivity index (χ1n) is 7.86. The Labute approximate surface area is 146 Å². The molecule has 2 amide bonds. The Kier molecular flexibility index (Phi) is 5.98. The molecule has 24 heavy (non-hydrogen) atoms. The second kappa shape index (κ2) is 7.97. The first-order chi connectivity index (χ1) is 11.4. The van der Waals surface area contributed by atoms with Crippen molar-refractivity contribution >= 4 is 34.7 Å². The highest BCUT2D eigenvalue weighted by Gasteiger charge is 2.17. The lowest BCUT2D eigenvalue weighted by atomic mass is 10.0. The van der Waals surface area contributed by atoms with Gasteiger partial charge in [0.05, 0.1) is 11.5 Å². The highest BCUT2D eigenvalue weighted by Crippen LogP contribution is 2.28. The molecule has 0 bridgehead atoms. The molecule has 128 valence electrons. The van der Waals surface area contributed by atoms with Gasteiger partial charge in [-0.1, -0.05) is 19.9 Å². The van der Waals surface area contributed by atoms with E-state index in [1.54, 1.807) is 19.1 Å². The largest absolute Gasteiger partial charge is 0.450 e. The first-order valence-corrected chi connectivity index (χ1v) is 8.74. The number of amides is 2. The molecular weight excluding hydrogens is 324 g/mol. The molecule has 1 heterocycles. The summed E-state index contributed by atoms with van der Waals surface area (Å²) in [5.74, 6) is 0.153. The molecule has 2 aromatic rings. The molecule has 0 aliphatic rings. The molecule has 0 unspecified atom stereocenters. The summed E-state index contributed by atoms with van der Waals surface area (Å²) in [6.45, 7) is 8.02. The van der Waals surface area contributed by atoms with E-state index in [0.717, 1.165) is 11.1 Å². The van der Waals surface area contributed by atoms with Crippen LogP contribution in [0.3, 0.4) is 0 Å². The normalized spacial score (nSPS) is 10.5. The molecule has 2 N–H and O–H groups in total. The van der Waals surface area contributed by atoms with Gasteiger partial charge in [-0.15, -0.1) is 11.3 Å². The molecule has 0 radical (unpaired) electrons. The highest BCUT2D eigenvalue weighted by molar-refractivity contribution is 7.12. The Morgan fingerprint density at radius 1 is 1.17 bits per heavy atom. The van der Waals surface area contributed by atoms with Gasteiger partial charge >= 0.3 is 6.09 Å². The fraction of sp³-hybridized carbons (Fsp3) is 0.333. The monoisotopic (exact) mass is 346 g/mol. The van der Waals surface area contributed by atoms with Gasteiger partial charge in [-0.2, -0.15) is 0 Å². The zero-order chi connectivity index (χ0) is 17.7. The lowest BCUT2D eigenvalue weighted by Crippen LogP contribution is -2.16. The fourth-order valence-electron chi connectivity index (χ4n) is 2.32. The predicted octanol–water partition coefficient (Wildman–Crippen LogP) is 5.00. The minimum absolute atomic E-state index is 0.134. The van der Waals surface area contributed by atoms with Gasteiger partial charge in [0, 0.05) is 11.4 Å². The summed E-state index contributed by atoms with van der Waals surface area (Å²) in [6.07, 6.45) is -0.510. The van der Waals surface area contributed by atoms with Crippen LogP contribution in [0.5, 0.6) is 0 Å². The maximum Gasteiger partial charge on any atom is 0.411 e. The van der Waals surface area contributed by atoms with E-state index in [0.29, 0.717) is 22.9 Å². The number of rotatable bonds is 5. The molecule has 0 spiro atoms. The standard InChI is InChI=1S/C18H22N2O3S/c1-5-23-18(22)20-15-8-6-7-14(12(15)4)19-17(21)16-13(11(2)3)9-10-24-16/h6-11H,5H2,1-4H3,(H,19,21)(H,20,22). The van der Waals surface area contributed by atoms with Crippen LogP contribution in [0.15, 0.2) is 29.6 Å². The smallest absolute Gasteiger partial charge is 0.411 e. The summed E-state index contributed by atoms with van der Waals surface area (Å²) in [5.41, 5.74) is 3.09. The van der Waals surface area contributed by atoms with Crippen molar-refractivity contribution in [2.75, 3.05) is 17.2 Å². The van der Waals surface area contributed by atoms with Crippen LogP contribution in [-0.4, -0.2) is 18.6 Å². The van der Waals surface area contributed by atoms with Gasteiger partial charge in [0.1, 0.15) is 0 Å². The van der Waals surface area contributed by atoms with E-state index in [1.807, 2.05) is 24.4 Å². The maximum atomic E-state index is 12.6. The molecule has 1 aromatic heterocycles. The Balaban J connectivity index is 2.19. The molecule has 1 aromatic carbocycles. The van der Waals surface area contributed by atoms with Crippen LogP contribution in [0.1, 0.15) is 47.5 Å². The van der Waals surface area contributed by atoms with Gasteiger partial charge in [0.15, 0.2) is 0 Å². The quantitative estimate of drug-likeness (QED) is 0.800. The summed E-state index contributed by atoms with van der Waals surface area (Å²) in [6, 6.07) is 7.34. The number of carbonyl (C=O) groups excluding carboxylic acids is 2. The molecule has 0 aliphatic heterocycles. The van der Waals surface area contributed by atoms with Gasteiger partial charge in [-0.05, 0) is 54.5 Å². The Hall–Kier alpha value is -2.34. The molecule has 0 fully saturated rings. The van der Waals surface area contributed by atoms with Crippen LogP contribution in [-0.2, 0) is 4.74 Å². The molecule has 0 saturated heterocycles. The van der Waals surface area contributed by atoms with Crippen LogP contribution in [0.25, 0.3) is 0 Å². The van der Waals surface area contributed by atoms with Crippen molar-refractivity contribution < 1.29 is 14.3 Å². The van der Waals surface area contributed by atoms with E-state index in [4.69, 9.17) is 4.74 Å². The van der Waals surface area contributed by atoms with E-state index < -0.39 is 6.09 Å². The van der Waals surface area contributed by atoms with Crippen molar-refractivity contribution in [1.29, 1.82) is 0 Å². The summed E-state index contributed by atoms with van der Waals surface area (Å²) in [7, 11) is 0. The van der Waals surface area contributed by atoms with Crippen molar-refractivity contribution in [2.24, 2.45) is 0 Å². The first kappa shape index (κ1) is 18.0. The maximum absolute atomic E-state index is 12.6. The van der Waals surface area contributed by atoms with E-state index in [9.17, 15) is 9.59 Å². The number of hydrogen-bond donors (Lipinski definition) is 2. The van der Waals surface area contributed by atoms with E-state index in [2.05, 4.69) is 24.5 Å². The average Bonchev–Trinajstić information content (AvgIpc) is 3.01. The average molecular weight is 346 g/mol. The van der Waals surface area contributed by atoms with Crippen molar-refractivity contribution in [2.45, 2.75) is 33.6 Å². The summed E-state index contributed by atoms with van der Waals surface area (Å²) in [4.78, 5) is 24.9. The lowest BCUT2D eigenvalue weighted by molar-refractivity contribution is 0.102. The van der Waals surface area contributed by atoms with Crippen molar-refractivity contribution in [1.82, 2.24) is 0 Å². The number of thiophene rings is 1. The van der Waals surface area contributed by atoms with Crippen molar-refractivity contribution in [3.8, 4) is 0 Å². The van der Waals surface area contributed by atoms with Gasteiger partial charge in [0.25, 0.3) is 5.91 Å². The molecule has 2 rings (SSSR count). The number of carbonyl (C=O) groups is 2. The van der Waals surface area contributed by atoms with Crippen LogP contribution in [0, 0.1) is 6.92 Å². The third kappa shape index (κ3) is 4.14. The zero-order valence-electron chi connectivity index (χ0n) is 14.3. The second-order valence-corrected chi connectivity index (χ2v) is 6.55. The van der Waals surface area contributed by atoms with E-state index in [-0.39, 0.29) is 11.8 Å². The summed E-state index contributed by atoms with van der Waals surface area (Å²) in [5, 5.41) is 7.54. The van der Waals surface area contributed by atoms with Crippen LogP contribution < -0.4 is 10.6 Å². The van der Waals surface area contributed by atoms with Gasteiger partial charge < -0.3 is 10.1 Å². The summed E-state index contributed by atoms with van der Waals surface area (Å²) < 4.78 is 4.89. The Morgan fingerprint density at radius 3 is 2.46 bits per heavy atom. The minimum Gasteiger partial charge on any atom is -0.450 e. The third-order valence-corrected chi connectivity index (χ3v) is 4.55. The SMILES string of the molecule is CCOC(=O)Nc1cccc(NC(=O)c2sccc2C(C)C)c1C. The Morgan fingerprint density at radius 2 is 1.83 bits per heavy atom. The van der Waals surface area contributed by atoms with Crippen LogP contribution in [0.4, 0.5) is 16.2 Å². The number of nitrogens with one attached hydrogen (secondary N) is 2. The van der Waals surface area contributed by atoms with Gasteiger partial charge in [-0.3, -0.25) is 10.1 Å². The predicted molar refractivity (Wildman–Crippen MR) is 98.2 cm³/mol. The second-order valence-electron chi connectivity index (χ2n) is 5.64. The molecule has 6 heteroatoms. The van der Waals surface area contributed by atoms with Crippen LogP contribution in [0.2, 0.25) is 0 Å². The fourth-order valence-corrected chi connectivity index (χ4v) is 3.27. The number of benzene rings is 1. The molecular formula is C18H22N2O3S. The van der Waals surface area contributed by atoms with Gasteiger partial charge in [0.2, 0.25) is 0 Å². The number of hydrogen-bond acceptors (Lipinski definition) is 4. The number of ether oxygens (including phenoxy) is 1. The van der Waals surface area contributed by atoms with Crippen LogP contribution >= 0.6 is 11.3 Å².